The van der Waals surface area contributed by atoms with Gasteiger partial charge in [0.15, 0.2) is 5.78 Å². The number of amides is 1. The number of hydrogen-bond donors (Lipinski definition) is 2. The molecule has 0 saturated carbocycles. The summed E-state index contributed by atoms with van der Waals surface area (Å²) in [4.78, 5) is 28.1. The third kappa shape index (κ3) is 5.73. The number of pyridine rings is 1. The van der Waals surface area contributed by atoms with Gasteiger partial charge in [-0.15, -0.1) is 0 Å². The minimum atomic E-state index is -3.78. The Morgan fingerprint density at radius 1 is 0.828 bits per heavy atom. The molecule has 1 amide bonds. The van der Waals surface area contributed by atoms with Crippen molar-refractivity contribution in [1.29, 1.82) is 0 Å². The Morgan fingerprint density at radius 2 is 1.52 bits per heavy atom. The van der Waals surface area contributed by atoms with Crippen molar-refractivity contribution in [3.63, 3.8) is 0 Å². The van der Waals surface area contributed by atoms with E-state index in [1.807, 2.05) is 6.07 Å². The highest BCUT2D eigenvalue weighted by Gasteiger charge is 2.15. The van der Waals surface area contributed by atoms with Crippen LogP contribution in [0.3, 0.4) is 0 Å². The van der Waals surface area contributed by atoms with Crippen molar-refractivity contribution in [2.24, 2.45) is 0 Å². The number of rotatable bonds is 8. The van der Waals surface area contributed by atoms with E-state index in [0.717, 1.165) is 0 Å². The van der Waals surface area contributed by atoms with Crippen LogP contribution in [0.15, 0.2) is 83.9 Å². The van der Waals surface area contributed by atoms with E-state index >= 15 is 0 Å². The number of sulfonamides is 1. The number of anilines is 2. The largest absolute Gasteiger partial charge is 0.326 e. The summed E-state index contributed by atoms with van der Waals surface area (Å²) < 4.78 is 27.1. The van der Waals surface area contributed by atoms with Gasteiger partial charge in [0.2, 0.25) is 5.91 Å². The number of Topliss-reactive ketones (excluding diaryl/α,β-unsaturated/α-hetero) is 1. The van der Waals surface area contributed by atoms with Gasteiger partial charge in [0.25, 0.3) is 10.0 Å². The Kier molecular flexibility index (Phi) is 6.36. The van der Waals surface area contributed by atoms with Gasteiger partial charge in [0.1, 0.15) is 5.82 Å². The van der Waals surface area contributed by atoms with Gasteiger partial charge < -0.3 is 5.32 Å². The highest BCUT2D eigenvalue weighted by atomic mass is 32.2. The average Bonchev–Trinajstić information content (AvgIpc) is 2.73. The fourth-order valence-electron chi connectivity index (χ4n) is 2.56. The maximum Gasteiger partial charge on any atom is 0.263 e. The molecule has 0 radical (unpaired) electrons. The molecular weight excluding hydrogens is 390 g/mol. The summed E-state index contributed by atoms with van der Waals surface area (Å²) in [5, 5.41) is 2.66. The molecule has 1 aromatic heterocycles. The maximum atomic E-state index is 12.4. The molecule has 8 heteroatoms. The van der Waals surface area contributed by atoms with E-state index in [-0.39, 0.29) is 35.2 Å². The topological polar surface area (TPSA) is 105 Å². The summed E-state index contributed by atoms with van der Waals surface area (Å²) in [6.45, 7) is 0. The number of benzene rings is 2. The molecule has 0 atom stereocenters. The van der Waals surface area contributed by atoms with Crippen molar-refractivity contribution in [1.82, 2.24) is 4.98 Å². The van der Waals surface area contributed by atoms with Gasteiger partial charge in [-0.2, -0.15) is 0 Å². The fraction of sp³-hybridized carbons (Fsp3) is 0.0952. The van der Waals surface area contributed by atoms with Crippen LogP contribution in [-0.4, -0.2) is 25.1 Å². The van der Waals surface area contributed by atoms with Crippen molar-refractivity contribution < 1.29 is 18.0 Å². The SMILES string of the molecule is O=C(CCC(=O)c1ccccc1)Nc1ccc(S(=O)(=O)Nc2ccccn2)cc1. The van der Waals surface area contributed by atoms with Crippen molar-refractivity contribution in [2.45, 2.75) is 17.7 Å². The highest BCUT2D eigenvalue weighted by Crippen LogP contribution is 2.17. The molecule has 0 saturated heterocycles. The molecule has 0 fully saturated rings. The predicted molar refractivity (Wildman–Crippen MR) is 110 cm³/mol. The fourth-order valence-corrected chi connectivity index (χ4v) is 3.56. The Bertz CT molecular complexity index is 1080. The zero-order valence-electron chi connectivity index (χ0n) is 15.4. The molecule has 3 rings (SSSR count). The minimum Gasteiger partial charge on any atom is -0.326 e. The quantitative estimate of drug-likeness (QED) is 0.554. The molecule has 0 aliphatic carbocycles. The summed E-state index contributed by atoms with van der Waals surface area (Å²) in [6, 6.07) is 19.4. The molecule has 0 aliphatic heterocycles. The molecule has 2 N–H and O–H groups in total. The Labute approximate surface area is 168 Å². The Balaban J connectivity index is 1.56. The van der Waals surface area contributed by atoms with Crippen molar-refractivity contribution in [2.75, 3.05) is 10.0 Å². The van der Waals surface area contributed by atoms with Crippen LogP contribution in [0.2, 0.25) is 0 Å². The van der Waals surface area contributed by atoms with E-state index in [0.29, 0.717) is 11.3 Å². The van der Waals surface area contributed by atoms with Gasteiger partial charge in [-0.3, -0.25) is 14.3 Å². The summed E-state index contributed by atoms with van der Waals surface area (Å²) in [5.74, 6) is -0.216. The summed E-state index contributed by atoms with van der Waals surface area (Å²) in [5.41, 5.74) is 1.01. The van der Waals surface area contributed by atoms with Crippen LogP contribution < -0.4 is 10.0 Å². The lowest BCUT2D eigenvalue weighted by Gasteiger charge is -2.09. The standard InChI is InChI=1S/C21H19N3O4S/c25-19(16-6-2-1-3-7-16)13-14-21(26)23-17-9-11-18(12-10-17)29(27,28)24-20-8-4-5-15-22-20/h1-12,15H,13-14H2,(H,22,24)(H,23,26). The molecule has 3 aromatic rings. The first kappa shape index (κ1) is 20.2. The van der Waals surface area contributed by atoms with Gasteiger partial charge in [-0.1, -0.05) is 36.4 Å². The number of carbonyl (C=O) groups excluding carboxylic acids is 2. The molecule has 2 aromatic carbocycles. The van der Waals surface area contributed by atoms with Gasteiger partial charge in [0.05, 0.1) is 4.90 Å². The molecule has 7 nitrogen and oxygen atoms in total. The van der Waals surface area contributed by atoms with Gasteiger partial charge in [0, 0.05) is 30.3 Å². The second kappa shape index (κ2) is 9.11. The number of ketones is 1. The molecule has 148 valence electrons. The molecule has 0 bridgehead atoms. The van der Waals surface area contributed by atoms with Crippen LogP contribution >= 0.6 is 0 Å². The third-order valence-corrected chi connectivity index (χ3v) is 5.40. The van der Waals surface area contributed by atoms with E-state index in [2.05, 4.69) is 15.0 Å². The van der Waals surface area contributed by atoms with Crippen LogP contribution in [0, 0.1) is 0 Å². The van der Waals surface area contributed by atoms with Gasteiger partial charge >= 0.3 is 0 Å². The number of aromatic nitrogens is 1. The molecule has 29 heavy (non-hydrogen) atoms. The van der Waals surface area contributed by atoms with Gasteiger partial charge in [-0.25, -0.2) is 13.4 Å². The van der Waals surface area contributed by atoms with E-state index in [4.69, 9.17) is 0 Å². The monoisotopic (exact) mass is 409 g/mol. The Hall–Kier alpha value is -3.52. The van der Waals surface area contributed by atoms with Crippen molar-refractivity contribution in [3.05, 3.63) is 84.6 Å². The lowest BCUT2D eigenvalue weighted by atomic mass is 10.1. The number of carbonyl (C=O) groups is 2. The first-order chi connectivity index (χ1) is 13.9. The molecular formula is C21H19N3O4S. The zero-order valence-corrected chi connectivity index (χ0v) is 16.2. The lowest BCUT2D eigenvalue weighted by molar-refractivity contribution is -0.116. The summed E-state index contributed by atoms with van der Waals surface area (Å²) in [7, 11) is -3.78. The maximum absolute atomic E-state index is 12.4. The van der Waals surface area contributed by atoms with Crippen LogP contribution in [-0.2, 0) is 14.8 Å². The lowest BCUT2D eigenvalue weighted by Crippen LogP contribution is -2.15. The molecule has 1 heterocycles. The van der Waals surface area contributed by atoms with Gasteiger partial charge in [-0.05, 0) is 36.4 Å². The molecule has 0 unspecified atom stereocenters. The van der Waals surface area contributed by atoms with E-state index in [1.165, 1.54) is 30.5 Å². The van der Waals surface area contributed by atoms with Crippen LogP contribution in [0.5, 0.6) is 0 Å². The number of nitrogens with zero attached hydrogens (tertiary/aromatic N) is 1. The first-order valence-electron chi connectivity index (χ1n) is 8.86. The van der Waals surface area contributed by atoms with Crippen molar-refractivity contribution >= 4 is 33.2 Å². The normalized spacial score (nSPS) is 10.9. The smallest absolute Gasteiger partial charge is 0.263 e. The second-order valence-electron chi connectivity index (χ2n) is 6.18. The third-order valence-electron chi connectivity index (χ3n) is 4.03. The molecule has 0 aliphatic rings. The number of nitrogens with one attached hydrogen (secondary N) is 2. The van der Waals surface area contributed by atoms with Crippen LogP contribution in [0.25, 0.3) is 0 Å². The summed E-state index contributed by atoms with van der Waals surface area (Å²) in [6.07, 6.45) is 1.62. The van der Waals surface area contributed by atoms with Crippen LogP contribution in [0.1, 0.15) is 23.2 Å². The first-order valence-corrected chi connectivity index (χ1v) is 10.3. The van der Waals surface area contributed by atoms with E-state index < -0.39 is 10.0 Å². The molecule has 0 spiro atoms. The van der Waals surface area contributed by atoms with E-state index in [9.17, 15) is 18.0 Å². The summed E-state index contributed by atoms with van der Waals surface area (Å²) >= 11 is 0. The van der Waals surface area contributed by atoms with E-state index in [1.54, 1.807) is 42.5 Å². The predicted octanol–water partition coefficient (Wildman–Crippen LogP) is 3.48. The minimum absolute atomic E-state index is 0.0367. The van der Waals surface area contributed by atoms with Crippen LogP contribution in [0.4, 0.5) is 11.5 Å². The highest BCUT2D eigenvalue weighted by molar-refractivity contribution is 7.92. The second-order valence-corrected chi connectivity index (χ2v) is 7.86. The number of hydrogen-bond acceptors (Lipinski definition) is 5. The average molecular weight is 409 g/mol. The Morgan fingerprint density at radius 3 is 2.17 bits per heavy atom. The van der Waals surface area contributed by atoms with Crippen molar-refractivity contribution in [3.8, 4) is 0 Å². The zero-order chi connectivity index (χ0) is 20.7.